The molecule has 0 aromatic carbocycles. The molecule has 0 fully saturated rings. The molecular weight excluding hydrogens is 480 g/mol. The van der Waals surface area contributed by atoms with Crippen molar-refractivity contribution in [3.8, 4) is 0 Å². The van der Waals surface area contributed by atoms with E-state index in [0.29, 0.717) is 11.7 Å². The molecular formula is C36H64O3. The summed E-state index contributed by atoms with van der Waals surface area (Å²) in [6.07, 6.45) is 24.1. The number of hydrogen-bond donors (Lipinski definition) is 2. The summed E-state index contributed by atoms with van der Waals surface area (Å²) < 4.78 is 7.10. The number of allylic oxidation sites excluding steroid dienone is 4. The van der Waals surface area contributed by atoms with E-state index in [9.17, 15) is 10.2 Å². The van der Waals surface area contributed by atoms with E-state index in [1.165, 1.54) is 61.7 Å². The maximum Gasteiger partial charge on any atom is 0.0879 e. The van der Waals surface area contributed by atoms with Gasteiger partial charge in [0.05, 0.1) is 24.1 Å². The standard InChI is InChI=1S/C36H64O3/c1-9-12-14-15-17-25-35(39-36-30(7)29(6)34(38)26-32(36)11-3)33(23-16-13-10-2)24-19-21-27(4)20-18-22-28(5)31(8)37/h21,23,26,28-30,34-38H,8-20,22,24-25H2,1-7H3/b27-21+,33-23-. The number of aliphatic hydroxyl groups is 2. The molecule has 39 heavy (non-hydrogen) atoms. The zero-order valence-electron chi connectivity index (χ0n) is 26.8. The van der Waals surface area contributed by atoms with E-state index in [0.717, 1.165) is 51.4 Å². The van der Waals surface area contributed by atoms with E-state index in [2.05, 4.69) is 66.3 Å². The van der Waals surface area contributed by atoms with Crippen LogP contribution in [0.4, 0.5) is 0 Å². The van der Waals surface area contributed by atoms with Crippen LogP contribution in [0.1, 0.15) is 145 Å². The number of unbranched alkanes of at least 4 members (excludes halogenated alkanes) is 6. The van der Waals surface area contributed by atoms with Crippen molar-refractivity contribution in [1.82, 2.24) is 0 Å². The van der Waals surface area contributed by atoms with Crippen molar-refractivity contribution >= 4 is 0 Å². The molecule has 0 radical (unpaired) electrons. The molecule has 0 amide bonds. The van der Waals surface area contributed by atoms with E-state index < -0.39 is 0 Å². The van der Waals surface area contributed by atoms with Gasteiger partial charge in [-0.05, 0) is 81.3 Å². The van der Waals surface area contributed by atoms with Crippen molar-refractivity contribution in [3.63, 3.8) is 0 Å². The first-order valence-corrected chi connectivity index (χ1v) is 16.4. The normalized spacial score (nSPS) is 23.9. The highest BCUT2D eigenvalue weighted by Gasteiger charge is 2.36. The highest BCUT2D eigenvalue weighted by atomic mass is 16.5. The van der Waals surface area contributed by atoms with Gasteiger partial charge < -0.3 is 14.9 Å². The highest BCUT2D eigenvalue weighted by molar-refractivity contribution is 5.19. The molecule has 0 bridgehead atoms. The van der Waals surface area contributed by atoms with Gasteiger partial charge in [-0.15, -0.1) is 0 Å². The Kier molecular flexibility index (Phi) is 18.8. The maximum absolute atomic E-state index is 10.6. The van der Waals surface area contributed by atoms with E-state index in [1.54, 1.807) is 0 Å². The first-order chi connectivity index (χ1) is 18.7. The molecule has 0 spiro atoms. The highest BCUT2D eigenvalue weighted by Crippen LogP contribution is 2.36. The van der Waals surface area contributed by atoms with Crippen LogP contribution in [-0.4, -0.2) is 28.5 Å². The average Bonchev–Trinajstić information content (AvgIpc) is 2.91. The van der Waals surface area contributed by atoms with Crippen LogP contribution >= 0.6 is 0 Å². The zero-order valence-corrected chi connectivity index (χ0v) is 26.8. The van der Waals surface area contributed by atoms with Crippen molar-refractivity contribution in [2.24, 2.45) is 17.8 Å². The second-order valence-corrected chi connectivity index (χ2v) is 12.3. The Morgan fingerprint density at radius 3 is 2.26 bits per heavy atom. The molecule has 1 rings (SSSR count). The van der Waals surface area contributed by atoms with Gasteiger partial charge in [0.2, 0.25) is 0 Å². The van der Waals surface area contributed by atoms with Gasteiger partial charge in [-0.1, -0.05) is 117 Å². The lowest BCUT2D eigenvalue weighted by Crippen LogP contribution is -2.41. The van der Waals surface area contributed by atoms with Gasteiger partial charge >= 0.3 is 0 Å². The number of aliphatic hydroxyl groups excluding tert-OH is 2. The quantitative estimate of drug-likeness (QED) is 0.0858. The third-order valence-electron chi connectivity index (χ3n) is 8.97. The number of hydrogen-bond acceptors (Lipinski definition) is 3. The molecule has 0 aliphatic heterocycles. The Labute approximate surface area is 242 Å². The fourth-order valence-corrected chi connectivity index (χ4v) is 5.70. The molecule has 6 unspecified atom stereocenters. The summed E-state index contributed by atoms with van der Waals surface area (Å²) >= 11 is 0. The van der Waals surface area contributed by atoms with Crippen molar-refractivity contribution < 1.29 is 14.9 Å². The van der Waals surface area contributed by atoms with Gasteiger partial charge in [0.15, 0.2) is 0 Å². The second kappa shape index (κ2) is 20.5. The first-order valence-electron chi connectivity index (χ1n) is 16.4. The predicted octanol–water partition coefficient (Wildman–Crippen LogP) is 10.8. The lowest BCUT2D eigenvalue weighted by Gasteiger charge is -2.39. The molecule has 0 saturated heterocycles. The average molecular weight is 545 g/mol. The molecule has 3 nitrogen and oxygen atoms in total. The molecule has 1 aliphatic carbocycles. The van der Waals surface area contributed by atoms with Crippen molar-refractivity contribution in [3.05, 3.63) is 47.3 Å². The van der Waals surface area contributed by atoms with Gasteiger partial charge in [-0.3, -0.25) is 0 Å². The van der Waals surface area contributed by atoms with Crippen LogP contribution in [0.15, 0.2) is 47.3 Å². The van der Waals surface area contributed by atoms with Crippen LogP contribution in [0.3, 0.4) is 0 Å². The van der Waals surface area contributed by atoms with E-state index in [1.807, 2.05) is 6.92 Å². The molecule has 0 saturated carbocycles. The Bertz CT molecular complexity index is 761. The van der Waals surface area contributed by atoms with Crippen molar-refractivity contribution in [2.45, 2.75) is 163 Å². The maximum atomic E-state index is 10.6. The van der Waals surface area contributed by atoms with Crippen LogP contribution in [-0.2, 0) is 4.74 Å². The summed E-state index contributed by atoms with van der Waals surface area (Å²) in [5.74, 6) is 0.990. The summed E-state index contributed by atoms with van der Waals surface area (Å²) in [6, 6.07) is 0. The van der Waals surface area contributed by atoms with E-state index >= 15 is 0 Å². The molecule has 226 valence electrons. The largest absolute Gasteiger partial charge is 0.513 e. The van der Waals surface area contributed by atoms with E-state index in [4.69, 9.17) is 4.74 Å². The smallest absolute Gasteiger partial charge is 0.0879 e. The molecule has 1 aliphatic rings. The zero-order chi connectivity index (χ0) is 29.2. The monoisotopic (exact) mass is 544 g/mol. The third-order valence-corrected chi connectivity index (χ3v) is 8.97. The second-order valence-electron chi connectivity index (χ2n) is 12.3. The Hall–Kier alpha value is -1.32. The SMILES string of the molecule is C=C(O)C(C)CCC/C(C)=C/CC/C(=C/CCCC)C(CCCCCCC)OC1C(CC)=CC(O)C(C)C1C. The van der Waals surface area contributed by atoms with Gasteiger partial charge in [-0.25, -0.2) is 0 Å². The number of rotatable bonds is 21. The molecule has 0 aromatic heterocycles. The number of ether oxygens (including phenoxy) is 1. The van der Waals surface area contributed by atoms with Crippen LogP contribution in [0.5, 0.6) is 0 Å². The molecule has 0 aromatic rings. The lowest BCUT2D eigenvalue weighted by atomic mass is 9.77. The predicted molar refractivity (Wildman–Crippen MR) is 170 cm³/mol. The van der Waals surface area contributed by atoms with Crippen LogP contribution in [0.25, 0.3) is 0 Å². The van der Waals surface area contributed by atoms with Gasteiger partial charge in [0, 0.05) is 5.92 Å². The van der Waals surface area contributed by atoms with Crippen molar-refractivity contribution in [1.29, 1.82) is 0 Å². The Balaban J connectivity index is 3.03. The summed E-state index contributed by atoms with van der Waals surface area (Å²) in [6.45, 7) is 19.1. The summed E-state index contributed by atoms with van der Waals surface area (Å²) in [4.78, 5) is 0. The minimum absolute atomic E-state index is 0.0872. The van der Waals surface area contributed by atoms with Crippen LogP contribution in [0, 0.1) is 17.8 Å². The first kappa shape index (κ1) is 35.7. The van der Waals surface area contributed by atoms with Crippen LogP contribution in [0.2, 0.25) is 0 Å². The van der Waals surface area contributed by atoms with E-state index in [-0.39, 0.29) is 30.1 Å². The molecule has 3 heteroatoms. The summed E-state index contributed by atoms with van der Waals surface area (Å²) in [7, 11) is 0. The Morgan fingerprint density at radius 2 is 1.62 bits per heavy atom. The van der Waals surface area contributed by atoms with Gasteiger partial charge in [0.1, 0.15) is 0 Å². The van der Waals surface area contributed by atoms with Crippen LogP contribution < -0.4 is 0 Å². The molecule has 0 heterocycles. The minimum atomic E-state index is -0.367. The van der Waals surface area contributed by atoms with Crippen molar-refractivity contribution in [2.75, 3.05) is 0 Å². The molecule has 2 N–H and O–H groups in total. The minimum Gasteiger partial charge on any atom is -0.513 e. The van der Waals surface area contributed by atoms with Gasteiger partial charge in [0.25, 0.3) is 0 Å². The summed E-state index contributed by atoms with van der Waals surface area (Å²) in [5.41, 5.74) is 4.19. The fraction of sp³-hybridized carbons (Fsp3) is 0.778. The summed E-state index contributed by atoms with van der Waals surface area (Å²) in [5, 5.41) is 20.2. The topological polar surface area (TPSA) is 49.7 Å². The molecule has 6 atom stereocenters. The Morgan fingerprint density at radius 1 is 0.923 bits per heavy atom. The lowest BCUT2D eigenvalue weighted by molar-refractivity contribution is -0.0433. The van der Waals surface area contributed by atoms with Gasteiger partial charge in [-0.2, -0.15) is 0 Å². The fourth-order valence-electron chi connectivity index (χ4n) is 5.70. The third kappa shape index (κ3) is 13.7.